The lowest BCUT2D eigenvalue weighted by Crippen LogP contribution is -2.42. The molecule has 2 aliphatic rings. The number of rotatable bonds is 6. The van der Waals surface area contributed by atoms with E-state index in [2.05, 4.69) is 15.3 Å². The van der Waals surface area contributed by atoms with Crippen LogP contribution in [-0.4, -0.2) is 63.8 Å². The molecule has 2 N–H and O–H groups in total. The van der Waals surface area contributed by atoms with Crippen molar-refractivity contribution in [1.82, 2.24) is 14.9 Å². The zero-order chi connectivity index (χ0) is 23.5. The monoisotopic (exact) mass is 457 g/mol. The minimum atomic E-state index is -0.617. The van der Waals surface area contributed by atoms with E-state index in [1.54, 1.807) is 18.3 Å². The van der Waals surface area contributed by atoms with Crippen LogP contribution in [0, 0.1) is 11.7 Å². The van der Waals surface area contributed by atoms with Crippen molar-refractivity contribution in [3.05, 3.63) is 47.4 Å². The number of piperidine rings is 1. The predicted molar refractivity (Wildman–Crippen MR) is 119 cm³/mol. The number of ether oxygens (including phenoxy) is 1. The highest BCUT2D eigenvalue weighted by Gasteiger charge is 2.37. The predicted octanol–water partition coefficient (Wildman–Crippen LogP) is 2.81. The van der Waals surface area contributed by atoms with E-state index in [1.807, 2.05) is 13.8 Å². The van der Waals surface area contributed by atoms with E-state index in [-0.39, 0.29) is 36.6 Å². The molecule has 0 spiro atoms. The summed E-state index contributed by atoms with van der Waals surface area (Å²) in [6.07, 6.45) is 1.88. The number of carbonyl (C=O) groups is 2. The van der Waals surface area contributed by atoms with Gasteiger partial charge in [-0.15, -0.1) is 0 Å². The fourth-order valence-electron chi connectivity index (χ4n) is 4.09. The Kier molecular flexibility index (Phi) is 6.73. The highest BCUT2D eigenvalue weighted by Crippen LogP contribution is 2.26. The maximum atomic E-state index is 14.7. The largest absolute Gasteiger partial charge is 0.447 e. The molecule has 4 rings (SSSR count). The second-order valence-electron chi connectivity index (χ2n) is 8.71. The minimum absolute atomic E-state index is 0.0154. The standard InChI is InChI=1S/C23H28FN5O4/c1-14(2)19-13-33-23(32)29(19)20-7-8-25-22(27-20)26-11-15-5-6-17(18(24)10-15)21(31)28-9-3-4-16(30)12-28/h5-8,10,14,16,19,30H,3-4,9,11-13H2,1-2H3,(H,25,26,27)/t16-,19?/m1/s1. The van der Waals surface area contributed by atoms with Crippen LogP contribution < -0.4 is 10.2 Å². The maximum absolute atomic E-state index is 14.7. The molecule has 0 saturated carbocycles. The van der Waals surface area contributed by atoms with Crippen LogP contribution in [0.4, 0.5) is 21.0 Å². The first kappa shape index (κ1) is 22.9. The Morgan fingerprint density at radius 2 is 2.18 bits per heavy atom. The van der Waals surface area contributed by atoms with Gasteiger partial charge in [0.1, 0.15) is 18.2 Å². The number of aliphatic hydroxyl groups is 1. The van der Waals surface area contributed by atoms with Crippen molar-refractivity contribution in [2.24, 2.45) is 5.92 Å². The molecule has 1 aromatic carbocycles. The number of aliphatic hydroxyl groups excluding tert-OH is 1. The van der Waals surface area contributed by atoms with Crippen molar-refractivity contribution < 1.29 is 23.8 Å². The Labute approximate surface area is 191 Å². The number of anilines is 2. The van der Waals surface area contributed by atoms with Gasteiger partial charge in [0.2, 0.25) is 5.95 Å². The van der Waals surface area contributed by atoms with Crippen molar-refractivity contribution in [2.45, 2.75) is 45.4 Å². The molecule has 0 aliphatic carbocycles. The molecule has 2 aliphatic heterocycles. The lowest BCUT2D eigenvalue weighted by atomic mass is 10.0. The summed E-state index contributed by atoms with van der Waals surface area (Å²) in [5.41, 5.74) is 0.593. The molecule has 2 saturated heterocycles. The first-order valence-electron chi connectivity index (χ1n) is 11.1. The summed E-state index contributed by atoms with van der Waals surface area (Å²) < 4.78 is 19.9. The average Bonchev–Trinajstić information content (AvgIpc) is 3.19. The smallest absolute Gasteiger partial charge is 0.415 e. The number of likely N-dealkylation sites (tertiary alicyclic amines) is 1. The van der Waals surface area contributed by atoms with E-state index >= 15 is 0 Å². The van der Waals surface area contributed by atoms with Crippen molar-refractivity contribution in [3.63, 3.8) is 0 Å². The molecule has 33 heavy (non-hydrogen) atoms. The van der Waals surface area contributed by atoms with E-state index in [0.717, 1.165) is 0 Å². The van der Waals surface area contributed by atoms with Gasteiger partial charge in [0.15, 0.2) is 0 Å². The van der Waals surface area contributed by atoms with Crippen LogP contribution in [0.2, 0.25) is 0 Å². The minimum Gasteiger partial charge on any atom is -0.447 e. The number of benzene rings is 1. The first-order chi connectivity index (χ1) is 15.8. The lowest BCUT2D eigenvalue weighted by molar-refractivity contribution is 0.0470. The average molecular weight is 458 g/mol. The van der Waals surface area contributed by atoms with Crippen LogP contribution in [0.25, 0.3) is 0 Å². The second-order valence-corrected chi connectivity index (χ2v) is 8.71. The SMILES string of the molecule is CC(C)C1COC(=O)N1c1ccnc(NCc2ccc(C(=O)N3CCC[C@@H](O)C3)c(F)c2)n1. The highest BCUT2D eigenvalue weighted by molar-refractivity contribution is 5.94. The summed E-state index contributed by atoms with van der Waals surface area (Å²) in [6.45, 7) is 5.29. The summed E-state index contributed by atoms with van der Waals surface area (Å²) in [7, 11) is 0. The van der Waals surface area contributed by atoms with E-state index < -0.39 is 23.9 Å². The summed E-state index contributed by atoms with van der Waals surface area (Å²) in [5.74, 6) is -0.116. The second kappa shape index (κ2) is 9.70. The Balaban J connectivity index is 1.42. The van der Waals surface area contributed by atoms with Crippen LogP contribution >= 0.6 is 0 Å². The number of cyclic esters (lactones) is 1. The number of amides is 2. The number of nitrogens with zero attached hydrogens (tertiary/aromatic N) is 4. The Hall–Kier alpha value is -3.27. The molecule has 0 bridgehead atoms. The van der Waals surface area contributed by atoms with Gasteiger partial charge in [-0.25, -0.2) is 14.2 Å². The molecule has 10 heteroatoms. The number of carbonyl (C=O) groups excluding carboxylic acids is 2. The summed E-state index contributed by atoms with van der Waals surface area (Å²) >= 11 is 0. The molecular formula is C23H28FN5O4. The molecule has 1 unspecified atom stereocenters. The molecule has 1 aromatic heterocycles. The quantitative estimate of drug-likeness (QED) is 0.687. The topological polar surface area (TPSA) is 108 Å². The van der Waals surface area contributed by atoms with Gasteiger partial charge in [0.05, 0.1) is 17.7 Å². The summed E-state index contributed by atoms with van der Waals surface area (Å²) in [6, 6.07) is 5.96. The highest BCUT2D eigenvalue weighted by atomic mass is 19.1. The van der Waals surface area contributed by atoms with Gasteiger partial charge in [-0.2, -0.15) is 4.98 Å². The molecule has 2 atom stereocenters. The number of halogens is 1. The summed E-state index contributed by atoms with van der Waals surface area (Å²) in [5, 5.41) is 12.8. The first-order valence-corrected chi connectivity index (χ1v) is 11.1. The van der Waals surface area contributed by atoms with E-state index in [1.165, 1.54) is 21.9 Å². The zero-order valence-corrected chi connectivity index (χ0v) is 18.7. The fourth-order valence-corrected chi connectivity index (χ4v) is 4.09. The van der Waals surface area contributed by atoms with Crippen molar-refractivity contribution >= 4 is 23.8 Å². The number of hydrogen-bond acceptors (Lipinski definition) is 7. The normalized spacial score (nSPS) is 20.8. The molecule has 9 nitrogen and oxygen atoms in total. The third kappa shape index (κ3) is 5.05. The van der Waals surface area contributed by atoms with E-state index in [4.69, 9.17) is 4.74 Å². The molecule has 2 aromatic rings. The Bertz CT molecular complexity index is 1030. The number of aromatic nitrogens is 2. The molecule has 2 fully saturated rings. The number of nitrogens with one attached hydrogen (secondary N) is 1. The van der Waals surface area contributed by atoms with Crippen LogP contribution in [-0.2, 0) is 11.3 Å². The molecule has 176 valence electrons. The third-order valence-corrected chi connectivity index (χ3v) is 5.96. The van der Waals surface area contributed by atoms with Gasteiger partial charge < -0.3 is 20.1 Å². The summed E-state index contributed by atoms with van der Waals surface area (Å²) in [4.78, 5) is 36.4. The van der Waals surface area contributed by atoms with Crippen LogP contribution in [0.5, 0.6) is 0 Å². The van der Waals surface area contributed by atoms with Gasteiger partial charge in [0, 0.05) is 25.8 Å². The van der Waals surface area contributed by atoms with Gasteiger partial charge >= 0.3 is 6.09 Å². The Morgan fingerprint density at radius 1 is 1.36 bits per heavy atom. The lowest BCUT2D eigenvalue weighted by Gasteiger charge is -2.30. The fraction of sp³-hybridized carbons (Fsp3) is 0.478. The molecule has 2 amide bonds. The van der Waals surface area contributed by atoms with E-state index in [9.17, 15) is 19.1 Å². The van der Waals surface area contributed by atoms with Gasteiger partial charge in [-0.1, -0.05) is 19.9 Å². The number of β-amino-alcohol motifs (C(OH)–C–C–N with tert-alkyl or cyclic N) is 1. The van der Waals surface area contributed by atoms with Gasteiger partial charge in [-0.05, 0) is 42.5 Å². The molecular weight excluding hydrogens is 429 g/mol. The molecule has 0 radical (unpaired) electrons. The van der Waals surface area contributed by atoms with E-state index in [0.29, 0.717) is 37.4 Å². The third-order valence-electron chi connectivity index (χ3n) is 5.96. The van der Waals surface area contributed by atoms with Crippen LogP contribution in [0.1, 0.15) is 42.6 Å². The van der Waals surface area contributed by atoms with Crippen molar-refractivity contribution in [2.75, 3.05) is 29.9 Å². The maximum Gasteiger partial charge on any atom is 0.415 e. The number of hydrogen-bond donors (Lipinski definition) is 2. The Morgan fingerprint density at radius 3 is 2.91 bits per heavy atom. The van der Waals surface area contributed by atoms with Gasteiger partial charge in [0.25, 0.3) is 5.91 Å². The van der Waals surface area contributed by atoms with Gasteiger partial charge in [-0.3, -0.25) is 9.69 Å². The van der Waals surface area contributed by atoms with Crippen molar-refractivity contribution in [3.8, 4) is 0 Å². The molecule has 3 heterocycles. The zero-order valence-electron chi connectivity index (χ0n) is 18.7. The van der Waals surface area contributed by atoms with Crippen LogP contribution in [0.15, 0.2) is 30.5 Å². The van der Waals surface area contributed by atoms with Crippen molar-refractivity contribution in [1.29, 1.82) is 0 Å². The van der Waals surface area contributed by atoms with Crippen LogP contribution in [0.3, 0.4) is 0 Å².